The van der Waals surface area contributed by atoms with Gasteiger partial charge in [-0.15, -0.1) is 0 Å². The van der Waals surface area contributed by atoms with Gasteiger partial charge in [0.1, 0.15) is 0 Å². The lowest BCUT2D eigenvalue weighted by atomic mass is 10.1. The summed E-state index contributed by atoms with van der Waals surface area (Å²) in [6.07, 6.45) is -0.915. The minimum absolute atomic E-state index is 0.218. The van der Waals surface area contributed by atoms with Crippen LogP contribution in [-0.4, -0.2) is 18.6 Å². The van der Waals surface area contributed by atoms with Gasteiger partial charge in [-0.05, 0) is 6.42 Å². The molecule has 0 aliphatic heterocycles. The summed E-state index contributed by atoms with van der Waals surface area (Å²) in [6, 6.07) is 0. The molecule has 0 aromatic rings. The third-order valence-electron chi connectivity index (χ3n) is 1.68. The van der Waals surface area contributed by atoms with E-state index in [2.05, 4.69) is 0 Å². The molecule has 3 heteroatoms. The first kappa shape index (κ1) is 6.65. The number of carbonyl (C=O) groups is 1. The number of hydrogen-bond acceptors (Lipinski definition) is 1. The molecule has 1 aliphatic rings. The second-order valence-corrected chi connectivity index (χ2v) is 2.32. The van der Waals surface area contributed by atoms with Gasteiger partial charge < -0.3 is 0 Å². The van der Waals surface area contributed by atoms with E-state index in [9.17, 15) is 13.6 Å². The molecule has 0 aromatic carbocycles. The zero-order valence-electron chi connectivity index (χ0n) is 4.94. The molecule has 1 nitrogen and oxygen atoms in total. The third-order valence-corrected chi connectivity index (χ3v) is 1.68. The molecule has 0 amide bonds. The van der Waals surface area contributed by atoms with E-state index in [0.29, 0.717) is 6.42 Å². The van der Waals surface area contributed by atoms with E-state index in [1.165, 1.54) is 0 Å². The highest BCUT2D eigenvalue weighted by molar-refractivity contribution is 5.85. The zero-order chi connectivity index (χ0) is 6.85. The maximum absolute atomic E-state index is 12.4. The first-order valence-corrected chi connectivity index (χ1v) is 2.98. The number of Topliss-reactive ketones (excluding diaryl/α,β-unsaturated/α-hetero) is 1. The Hall–Kier alpha value is -0.470. The number of alkyl halides is 2. The van der Waals surface area contributed by atoms with Crippen LogP contribution in [-0.2, 0) is 4.79 Å². The number of hydrogen-bond donors (Lipinski definition) is 0. The van der Waals surface area contributed by atoms with E-state index < -0.39 is 24.5 Å². The highest BCUT2D eigenvalue weighted by Gasteiger charge is 2.34. The molecule has 1 aliphatic carbocycles. The van der Waals surface area contributed by atoms with Gasteiger partial charge in [0, 0.05) is 12.3 Å². The molecule has 9 heavy (non-hydrogen) atoms. The van der Waals surface area contributed by atoms with E-state index in [1.54, 1.807) is 0 Å². The van der Waals surface area contributed by atoms with Crippen LogP contribution < -0.4 is 0 Å². The normalized spacial score (nSPS) is 35.6. The van der Waals surface area contributed by atoms with Gasteiger partial charge in [0.15, 0.2) is 12.0 Å². The maximum atomic E-state index is 12.4. The van der Waals surface area contributed by atoms with Crippen LogP contribution in [0.5, 0.6) is 0 Å². The summed E-state index contributed by atoms with van der Waals surface area (Å²) in [5, 5.41) is 0. The molecule has 52 valence electrons. The van der Waals surface area contributed by atoms with Gasteiger partial charge in [0.25, 0.3) is 0 Å². The Morgan fingerprint density at radius 2 is 2.33 bits per heavy atom. The Kier molecular flexibility index (Phi) is 1.78. The second kappa shape index (κ2) is 2.42. The lowest BCUT2D eigenvalue weighted by Gasteiger charge is -2.02. The van der Waals surface area contributed by atoms with Crippen LogP contribution >= 0.6 is 0 Å². The highest BCUT2D eigenvalue weighted by Crippen LogP contribution is 2.25. The zero-order valence-corrected chi connectivity index (χ0v) is 4.94. The van der Waals surface area contributed by atoms with Crippen LogP contribution in [0.1, 0.15) is 12.8 Å². The van der Waals surface area contributed by atoms with Gasteiger partial charge in [-0.25, -0.2) is 4.39 Å². The molecule has 2 unspecified atom stereocenters. The summed E-state index contributed by atoms with van der Waals surface area (Å²) in [4.78, 5) is 10.4. The quantitative estimate of drug-likeness (QED) is 0.527. The monoisotopic (exact) mass is 134 g/mol. The average Bonchev–Trinajstić information content (AvgIpc) is 2.15. The first-order valence-electron chi connectivity index (χ1n) is 2.98. The minimum Gasteiger partial charge on any atom is -0.296 e. The average molecular weight is 134 g/mol. The molecule has 0 bridgehead atoms. The summed E-state index contributed by atoms with van der Waals surface area (Å²) in [5.41, 5.74) is 0. The molecule has 0 N–H and O–H groups in total. The van der Waals surface area contributed by atoms with Crippen LogP contribution in [0, 0.1) is 5.92 Å². The van der Waals surface area contributed by atoms with Gasteiger partial charge in [-0.1, -0.05) is 0 Å². The Morgan fingerprint density at radius 1 is 1.67 bits per heavy atom. The van der Waals surface area contributed by atoms with Crippen molar-refractivity contribution in [2.24, 2.45) is 5.92 Å². The van der Waals surface area contributed by atoms with Gasteiger partial charge in [0.05, 0.1) is 6.67 Å². The van der Waals surface area contributed by atoms with Gasteiger partial charge in [-0.2, -0.15) is 0 Å². The van der Waals surface area contributed by atoms with Gasteiger partial charge in [0.2, 0.25) is 0 Å². The number of halogens is 2. The predicted molar refractivity (Wildman–Crippen MR) is 28.6 cm³/mol. The van der Waals surface area contributed by atoms with Crippen molar-refractivity contribution in [1.82, 2.24) is 0 Å². The summed E-state index contributed by atoms with van der Waals surface area (Å²) < 4.78 is 24.1. The van der Waals surface area contributed by atoms with Crippen LogP contribution in [0.25, 0.3) is 0 Å². The molecule has 0 spiro atoms. The fraction of sp³-hybridized carbons (Fsp3) is 0.833. The SMILES string of the molecule is O=C1CCC(CF)C1F. The van der Waals surface area contributed by atoms with Crippen LogP contribution in [0.3, 0.4) is 0 Å². The molecular formula is C6H8F2O. The number of rotatable bonds is 1. The topological polar surface area (TPSA) is 17.1 Å². The summed E-state index contributed by atoms with van der Waals surface area (Å²) >= 11 is 0. The molecule has 1 rings (SSSR count). The Balaban J connectivity index is 2.51. The van der Waals surface area contributed by atoms with Crippen LogP contribution in [0.15, 0.2) is 0 Å². The first-order chi connectivity index (χ1) is 4.25. The van der Waals surface area contributed by atoms with Crippen molar-refractivity contribution in [2.45, 2.75) is 19.0 Å². The van der Waals surface area contributed by atoms with E-state index in [4.69, 9.17) is 0 Å². The van der Waals surface area contributed by atoms with Crippen molar-refractivity contribution in [3.05, 3.63) is 0 Å². The Morgan fingerprint density at radius 3 is 2.56 bits per heavy atom. The third kappa shape index (κ3) is 1.09. The summed E-state index contributed by atoms with van der Waals surface area (Å²) in [5.74, 6) is -1.07. The van der Waals surface area contributed by atoms with E-state index in [0.717, 1.165) is 0 Å². The van der Waals surface area contributed by atoms with Gasteiger partial charge in [-0.3, -0.25) is 9.18 Å². The molecule has 0 saturated heterocycles. The van der Waals surface area contributed by atoms with Gasteiger partial charge >= 0.3 is 0 Å². The fourth-order valence-corrected chi connectivity index (χ4v) is 1.03. The second-order valence-electron chi connectivity index (χ2n) is 2.32. The maximum Gasteiger partial charge on any atom is 0.167 e. The van der Waals surface area contributed by atoms with Crippen molar-refractivity contribution in [2.75, 3.05) is 6.67 Å². The lowest BCUT2D eigenvalue weighted by molar-refractivity contribution is -0.122. The van der Waals surface area contributed by atoms with E-state index in [-0.39, 0.29) is 6.42 Å². The summed E-state index contributed by atoms with van der Waals surface area (Å²) in [6.45, 7) is -0.701. The standard InChI is InChI=1S/C6H8F2O/c7-3-4-1-2-5(9)6(4)8/h4,6H,1-3H2. The van der Waals surface area contributed by atoms with Crippen molar-refractivity contribution >= 4 is 5.78 Å². The van der Waals surface area contributed by atoms with Crippen molar-refractivity contribution in [1.29, 1.82) is 0 Å². The van der Waals surface area contributed by atoms with Crippen molar-refractivity contribution < 1.29 is 13.6 Å². The summed E-state index contributed by atoms with van der Waals surface area (Å²) in [7, 11) is 0. The smallest absolute Gasteiger partial charge is 0.167 e. The fourth-order valence-electron chi connectivity index (χ4n) is 1.03. The molecule has 1 saturated carbocycles. The lowest BCUT2D eigenvalue weighted by Crippen LogP contribution is -2.16. The van der Waals surface area contributed by atoms with Crippen LogP contribution in [0.4, 0.5) is 8.78 Å². The molecule has 2 atom stereocenters. The van der Waals surface area contributed by atoms with Crippen LogP contribution in [0.2, 0.25) is 0 Å². The van der Waals surface area contributed by atoms with Crippen molar-refractivity contribution in [3.63, 3.8) is 0 Å². The highest BCUT2D eigenvalue weighted by atomic mass is 19.1. The molecule has 0 aromatic heterocycles. The molecule has 1 fully saturated rings. The number of ketones is 1. The molecular weight excluding hydrogens is 126 g/mol. The number of carbonyl (C=O) groups excluding carboxylic acids is 1. The Bertz CT molecular complexity index is 124. The predicted octanol–water partition coefficient (Wildman–Crippen LogP) is 1.27. The largest absolute Gasteiger partial charge is 0.296 e. The Labute approximate surface area is 52.1 Å². The van der Waals surface area contributed by atoms with Crippen molar-refractivity contribution in [3.8, 4) is 0 Å². The van der Waals surface area contributed by atoms with E-state index in [1.807, 2.05) is 0 Å². The van der Waals surface area contributed by atoms with E-state index >= 15 is 0 Å². The minimum atomic E-state index is -1.52. The molecule has 0 radical (unpaired) electrons. The molecule has 0 heterocycles.